The van der Waals surface area contributed by atoms with E-state index < -0.39 is 0 Å². The lowest BCUT2D eigenvalue weighted by Crippen LogP contribution is -2.38. The van der Waals surface area contributed by atoms with Gasteiger partial charge in [0.25, 0.3) is 0 Å². The summed E-state index contributed by atoms with van der Waals surface area (Å²) in [5.74, 6) is 3.76. The van der Waals surface area contributed by atoms with E-state index in [-0.39, 0.29) is 18.0 Å². The zero-order valence-corrected chi connectivity index (χ0v) is 13.3. The van der Waals surface area contributed by atoms with Gasteiger partial charge in [0, 0.05) is 0 Å². The molecule has 3 aliphatic rings. The van der Waals surface area contributed by atoms with Crippen LogP contribution in [0, 0.1) is 35.5 Å². The molecule has 0 saturated heterocycles. The molecule has 0 aliphatic heterocycles. The van der Waals surface area contributed by atoms with Crippen LogP contribution >= 0.6 is 0 Å². The van der Waals surface area contributed by atoms with Gasteiger partial charge in [-0.3, -0.25) is 4.79 Å². The Morgan fingerprint density at radius 3 is 2.45 bits per heavy atom. The molecule has 3 fully saturated rings. The van der Waals surface area contributed by atoms with Crippen LogP contribution in [0.1, 0.15) is 65.7 Å². The number of hydrogen-bond acceptors (Lipinski definition) is 2. The molecule has 0 aromatic carbocycles. The van der Waals surface area contributed by atoms with Gasteiger partial charge >= 0.3 is 5.97 Å². The number of fused-ring (bicyclic) bond motifs is 2. The van der Waals surface area contributed by atoms with Gasteiger partial charge in [-0.05, 0) is 61.7 Å². The Morgan fingerprint density at radius 1 is 1.05 bits per heavy atom. The SMILES string of the molecule is CC(C)[C@@H]1CC[C@@H](C)C[C@H]1OC(=O)[C@@H]1C[C@@H]2CC[C@H]1C2. The molecule has 0 aromatic heterocycles. The van der Waals surface area contributed by atoms with Crippen molar-refractivity contribution in [3.05, 3.63) is 0 Å². The summed E-state index contributed by atoms with van der Waals surface area (Å²) in [6.07, 6.45) is 8.80. The number of hydrogen-bond donors (Lipinski definition) is 0. The molecule has 0 amide bonds. The van der Waals surface area contributed by atoms with Crippen molar-refractivity contribution in [2.75, 3.05) is 0 Å². The molecule has 3 rings (SSSR count). The monoisotopic (exact) mass is 278 g/mol. The second-order valence-corrected chi connectivity index (χ2v) is 8.08. The molecule has 2 bridgehead atoms. The molecule has 20 heavy (non-hydrogen) atoms. The molecular formula is C18H30O2. The number of carbonyl (C=O) groups excluding carboxylic acids is 1. The zero-order valence-electron chi connectivity index (χ0n) is 13.3. The normalized spacial score (nSPS) is 44.0. The lowest BCUT2D eigenvalue weighted by molar-refractivity contribution is -0.162. The topological polar surface area (TPSA) is 26.3 Å². The molecule has 3 saturated carbocycles. The quantitative estimate of drug-likeness (QED) is 0.714. The van der Waals surface area contributed by atoms with Crippen molar-refractivity contribution in [3.8, 4) is 0 Å². The van der Waals surface area contributed by atoms with Crippen LogP contribution in [0.15, 0.2) is 0 Å². The Kier molecular flexibility index (Phi) is 4.10. The second-order valence-electron chi connectivity index (χ2n) is 8.08. The van der Waals surface area contributed by atoms with Crippen LogP contribution in [-0.2, 0) is 9.53 Å². The smallest absolute Gasteiger partial charge is 0.309 e. The van der Waals surface area contributed by atoms with Crippen LogP contribution in [0.4, 0.5) is 0 Å². The summed E-state index contributed by atoms with van der Waals surface area (Å²) in [5.41, 5.74) is 0. The minimum Gasteiger partial charge on any atom is -0.462 e. The van der Waals surface area contributed by atoms with Gasteiger partial charge in [-0.1, -0.05) is 33.6 Å². The van der Waals surface area contributed by atoms with Gasteiger partial charge in [-0.15, -0.1) is 0 Å². The van der Waals surface area contributed by atoms with Crippen molar-refractivity contribution in [2.45, 2.75) is 71.8 Å². The van der Waals surface area contributed by atoms with E-state index in [1.807, 2.05) is 0 Å². The maximum absolute atomic E-state index is 12.6. The molecule has 2 nitrogen and oxygen atoms in total. The largest absolute Gasteiger partial charge is 0.462 e. The highest BCUT2D eigenvalue weighted by molar-refractivity contribution is 5.73. The number of esters is 1. The van der Waals surface area contributed by atoms with Gasteiger partial charge in [-0.2, -0.15) is 0 Å². The molecule has 2 heteroatoms. The molecule has 0 radical (unpaired) electrons. The van der Waals surface area contributed by atoms with Crippen molar-refractivity contribution >= 4 is 5.97 Å². The third-order valence-electron chi connectivity index (χ3n) is 6.27. The Labute approximate surface area is 123 Å². The van der Waals surface area contributed by atoms with E-state index in [0.717, 1.165) is 18.8 Å². The fourth-order valence-electron chi connectivity index (χ4n) is 5.02. The Bertz CT molecular complexity index is 362. The first-order valence-electron chi connectivity index (χ1n) is 8.75. The van der Waals surface area contributed by atoms with E-state index in [0.29, 0.717) is 23.7 Å². The van der Waals surface area contributed by atoms with E-state index in [1.54, 1.807) is 0 Å². The fourth-order valence-corrected chi connectivity index (χ4v) is 5.02. The minimum atomic E-state index is 0.141. The van der Waals surface area contributed by atoms with Crippen molar-refractivity contribution in [3.63, 3.8) is 0 Å². The Morgan fingerprint density at radius 2 is 1.85 bits per heavy atom. The average molecular weight is 278 g/mol. The second kappa shape index (κ2) is 5.69. The van der Waals surface area contributed by atoms with Crippen molar-refractivity contribution in [1.82, 2.24) is 0 Å². The van der Waals surface area contributed by atoms with Gasteiger partial charge in [0.15, 0.2) is 0 Å². The summed E-state index contributed by atoms with van der Waals surface area (Å²) in [6.45, 7) is 6.85. The fraction of sp³-hybridized carbons (Fsp3) is 0.944. The first-order valence-corrected chi connectivity index (χ1v) is 8.75. The van der Waals surface area contributed by atoms with Crippen molar-refractivity contribution in [2.24, 2.45) is 35.5 Å². The average Bonchev–Trinajstić information content (AvgIpc) is 3.00. The van der Waals surface area contributed by atoms with Gasteiger partial charge in [-0.25, -0.2) is 0 Å². The maximum Gasteiger partial charge on any atom is 0.309 e. The molecular weight excluding hydrogens is 248 g/mol. The summed E-state index contributed by atoms with van der Waals surface area (Å²) in [4.78, 5) is 12.6. The van der Waals surface area contributed by atoms with Gasteiger partial charge in [0.1, 0.15) is 6.10 Å². The summed E-state index contributed by atoms with van der Waals surface area (Å²) in [5, 5.41) is 0. The van der Waals surface area contributed by atoms with Crippen LogP contribution in [0.5, 0.6) is 0 Å². The molecule has 0 spiro atoms. The third-order valence-corrected chi connectivity index (χ3v) is 6.27. The lowest BCUT2D eigenvalue weighted by Gasteiger charge is -2.37. The van der Waals surface area contributed by atoms with Crippen LogP contribution in [0.2, 0.25) is 0 Å². The van der Waals surface area contributed by atoms with Crippen LogP contribution in [0.25, 0.3) is 0 Å². The van der Waals surface area contributed by atoms with Crippen LogP contribution in [0.3, 0.4) is 0 Å². The molecule has 0 aromatic rings. The number of rotatable bonds is 3. The summed E-state index contributed by atoms with van der Waals surface area (Å²) in [6, 6.07) is 0. The standard InChI is InChI=1S/C18H30O2/c1-11(2)15-7-4-12(3)8-17(15)20-18(19)16-10-13-5-6-14(16)9-13/h11-17H,4-10H2,1-3H3/t12-,13-,14+,15+,16-,17-/m1/s1. The highest BCUT2D eigenvalue weighted by Gasteiger charge is 2.45. The Hall–Kier alpha value is -0.530. The van der Waals surface area contributed by atoms with Crippen molar-refractivity contribution < 1.29 is 9.53 Å². The van der Waals surface area contributed by atoms with E-state index in [9.17, 15) is 4.79 Å². The zero-order chi connectivity index (χ0) is 14.3. The highest BCUT2D eigenvalue weighted by Crippen LogP contribution is 2.49. The highest BCUT2D eigenvalue weighted by atomic mass is 16.5. The predicted octanol–water partition coefficient (Wildman–Crippen LogP) is 4.43. The first-order chi connectivity index (χ1) is 9.54. The third kappa shape index (κ3) is 2.76. The van der Waals surface area contributed by atoms with Gasteiger partial charge in [0.2, 0.25) is 0 Å². The molecule has 6 atom stereocenters. The minimum absolute atomic E-state index is 0.141. The first kappa shape index (κ1) is 14.4. The summed E-state index contributed by atoms with van der Waals surface area (Å²) >= 11 is 0. The maximum atomic E-state index is 12.6. The lowest BCUT2D eigenvalue weighted by atomic mass is 9.75. The van der Waals surface area contributed by atoms with E-state index in [1.165, 1.54) is 32.1 Å². The van der Waals surface area contributed by atoms with Gasteiger partial charge < -0.3 is 4.74 Å². The molecule has 0 unspecified atom stereocenters. The summed E-state index contributed by atoms with van der Waals surface area (Å²) in [7, 11) is 0. The van der Waals surface area contributed by atoms with Crippen molar-refractivity contribution in [1.29, 1.82) is 0 Å². The van der Waals surface area contributed by atoms with E-state index in [4.69, 9.17) is 4.74 Å². The molecule has 0 N–H and O–H groups in total. The predicted molar refractivity (Wildman–Crippen MR) is 80.2 cm³/mol. The van der Waals surface area contributed by atoms with Gasteiger partial charge in [0.05, 0.1) is 5.92 Å². The van der Waals surface area contributed by atoms with Crippen LogP contribution in [-0.4, -0.2) is 12.1 Å². The molecule has 114 valence electrons. The number of ether oxygens (including phenoxy) is 1. The number of carbonyl (C=O) groups is 1. The van der Waals surface area contributed by atoms with E-state index in [2.05, 4.69) is 20.8 Å². The van der Waals surface area contributed by atoms with E-state index >= 15 is 0 Å². The molecule has 3 aliphatic carbocycles. The molecule has 0 heterocycles. The van der Waals surface area contributed by atoms with Crippen LogP contribution < -0.4 is 0 Å². The summed E-state index contributed by atoms with van der Waals surface area (Å²) < 4.78 is 6.03. The Balaban J connectivity index is 1.61.